The molecule has 0 aromatic carbocycles. The second-order valence-electron chi connectivity index (χ2n) is 8.58. The molecule has 1 aliphatic heterocycles. The lowest BCUT2D eigenvalue weighted by Gasteiger charge is -2.31. The van der Waals surface area contributed by atoms with Gasteiger partial charge in [-0.15, -0.1) is 0 Å². The van der Waals surface area contributed by atoms with Gasteiger partial charge in [-0.05, 0) is 56.8 Å². The summed E-state index contributed by atoms with van der Waals surface area (Å²) >= 11 is 0. The number of carbonyl (C=O) groups is 2. The molecular formula is C21H34O5. The highest BCUT2D eigenvalue weighted by Crippen LogP contribution is 2.37. The van der Waals surface area contributed by atoms with Crippen LogP contribution in [-0.2, 0) is 23.8 Å². The van der Waals surface area contributed by atoms with Crippen LogP contribution in [0.4, 0.5) is 0 Å². The van der Waals surface area contributed by atoms with Gasteiger partial charge < -0.3 is 14.2 Å². The van der Waals surface area contributed by atoms with Gasteiger partial charge in [-0.1, -0.05) is 20.3 Å². The third-order valence-corrected chi connectivity index (χ3v) is 6.36. The lowest BCUT2D eigenvalue weighted by molar-refractivity contribution is -0.152. The number of carbonyl (C=O) groups excluding carboxylic acids is 2. The minimum absolute atomic E-state index is 0.0434. The molecule has 0 unspecified atom stereocenters. The van der Waals surface area contributed by atoms with E-state index >= 15 is 0 Å². The van der Waals surface area contributed by atoms with Gasteiger partial charge in [-0.3, -0.25) is 9.59 Å². The molecule has 2 aliphatic carbocycles. The largest absolute Gasteiger partial charge is 0.462 e. The maximum absolute atomic E-state index is 12.0. The Kier molecular flexibility index (Phi) is 6.96. The first kappa shape index (κ1) is 19.7. The lowest BCUT2D eigenvalue weighted by atomic mass is 9.80. The van der Waals surface area contributed by atoms with Gasteiger partial charge >= 0.3 is 11.9 Å². The SMILES string of the molecule is C[C@@H]1C[C@H](OC(=O)CCCCCC(=O)O[C@@H]2CC[C@@H]3O[C@@H]3C2)CC[C@@H]1C. The van der Waals surface area contributed by atoms with Crippen LogP contribution in [0, 0.1) is 11.8 Å². The number of fused-ring (bicyclic) bond motifs is 1. The van der Waals surface area contributed by atoms with Crippen LogP contribution in [0.5, 0.6) is 0 Å². The summed E-state index contributed by atoms with van der Waals surface area (Å²) in [6, 6.07) is 0. The molecule has 1 heterocycles. The maximum Gasteiger partial charge on any atom is 0.306 e. The molecule has 3 fully saturated rings. The summed E-state index contributed by atoms with van der Waals surface area (Å²) in [7, 11) is 0. The molecule has 148 valence electrons. The van der Waals surface area contributed by atoms with Crippen molar-refractivity contribution in [2.75, 3.05) is 0 Å². The van der Waals surface area contributed by atoms with E-state index in [9.17, 15) is 9.59 Å². The van der Waals surface area contributed by atoms with Gasteiger partial charge in [0.1, 0.15) is 12.2 Å². The molecule has 0 radical (unpaired) electrons. The molecule has 0 aromatic heterocycles. The van der Waals surface area contributed by atoms with Gasteiger partial charge in [0.2, 0.25) is 0 Å². The topological polar surface area (TPSA) is 65.1 Å². The standard InChI is InChI=1S/C21H34O5/c1-14-8-9-16(12-15(14)2)24-20(22)6-4-3-5-7-21(23)25-17-10-11-18-19(13-17)26-18/h14-19H,3-13H2,1-2H3/t14-,15+,16+,17+,18-,19+/m0/s1. The summed E-state index contributed by atoms with van der Waals surface area (Å²) in [5.74, 6) is 1.17. The van der Waals surface area contributed by atoms with Crippen molar-refractivity contribution in [3.05, 3.63) is 0 Å². The molecule has 0 amide bonds. The Morgan fingerprint density at radius 1 is 0.769 bits per heavy atom. The van der Waals surface area contributed by atoms with E-state index in [-0.39, 0.29) is 24.1 Å². The number of hydrogen-bond acceptors (Lipinski definition) is 5. The summed E-state index contributed by atoms with van der Waals surface area (Å²) in [5, 5.41) is 0. The average Bonchev–Trinajstić information content (AvgIpc) is 3.36. The Bertz CT molecular complexity index is 491. The van der Waals surface area contributed by atoms with Crippen LogP contribution in [0.25, 0.3) is 0 Å². The molecule has 3 rings (SSSR count). The second-order valence-corrected chi connectivity index (χ2v) is 8.58. The van der Waals surface area contributed by atoms with E-state index in [0.717, 1.165) is 63.7 Å². The predicted molar refractivity (Wildman–Crippen MR) is 97.5 cm³/mol. The normalized spacial score (nSPS) is 36.1. The molecule has 26 heavy (non-hydrogen) atoms. The molecule has 0 spiro atoms. The molecular weight excluding hydrogens is 332 g/mol. The molecule has 0 aromatic rings. The first-order chi connectivity index (χ1) is 12.5. The van der Waals surface area contributed by atoms with Crippen molar-refractivity contribution in [1.82, 2.24) is 0 Å². The number of ether oxygens (including phenoxy) is 3. The van der Waals surface area contributed by atoms with Crippen LogP contribution in [0.3, 0.4) is 0 Å². The second kappa shape index (κ2) is 9.20. The van der Waals surface area contributed by atoms with Crippen molar-refractivity contribution in [1.29, 1.82) is 0 Å². The molecule has 0 bridgehead atoms. The fourth-order valence-electron chi connectivity index (χ4n) is 4.28. The van der Waals surface area contributed by atoms with E-state index in [1.54, 1.807) is 0 Å². The van der Waals surface area contributed by atoms with Crippen LogP contribution in [0.1, 0.15) is 84.5 Å². The number of unbranched alkanes of at least 4 members (excludes halogenated alkanes) is 2. The Morgan fingerprint density at radius 3 is 2.00 bits per heavy atom. The van der Waals surface area contributed by atoms with E-state index in [0.29, 0.717) is 31.0 Å². The Balaban J connectivity index is 1.19. The molecule has 0 N–H and O–H groups in total. The summed E-state index contributed by atoms with van der Waals surface area (Å²) in [6.07, 6.45) is 10.2. The van der Waals surface area contributed by atoms with Crippen LogP contribution >= 0.6 is 0 Å². The van der Waals surface area contributed by atoms with Gasteiger partial charge in [-0.2, -0.15) is 0 Å². The minimum atomic E-state index is -0.109. The van der Waals surface area contributed by atoms with Crippen LogP contribution in [0.2, 0.25) is 0 Å². The third-order valence-electron chi connectivity index (χ3n) is 6.36. The number of epoxide rings is 1. The first-order valence-corrected chi connectivity index (χ1v) is 10.6. The van der Waals surface area contributed by atoms with E-state index in [1.165, 1.54) is 0 Å². The van der Waals surface area contributed by atoms with E-state index in [1.807, 2.05) is 0 Å². The van der Waals surface area contributed by atoms with Crippen molar-refractivity contribution in [2.45, 2.75) is 109 Å². The van der Waals surface area contributed by atoms with Crippen molar-refractivity contribution in [2.24, 2.45) is 11.8 Å². The Hall–Kier alpha value is -1.10. The summed E-state index contributed by atoms with van der Waals surface area (Å²) in [6.45, 7) is 4.52. The van der Waals surface area contributed by atoms with Crippen molar-refractivity contribution in [3.8, 4) is 0 Å². The number of hydrogen-bond donors (Lipinski definition) is 0. The highest BCUT2D eigenvalue weighted by Gasteiger charge is 2.44. The van der Waals surface area contributed by atoms with Gasteiger partial charge in [0.05, 0.1) is 12.2 Å². The zero-order valence-corrected chi connectivity index (χ0v) is 16.3. The maximum atomic E-state index is 12.0. The fraction of sp³-hybridized carbons (Fsp3) is 0.905. The number of rotatable bonds is 8. The van der Waals surface area contributed by atoms with Gasteiger partial charge in [-0.25, -0.2) is 0 Å². The predicted octanol–water partition coefficient (Wildman–Crippen LogP) is 4.17. The van der Waals surface area contributed by atoms with Crippen LogP contribution in [0.15, 0.2) is 0 Å². The molecule has 5 heteroatoms. The highest BCUT2D eigenvalue weighted by atomic mass is 16.6. The van der Waals surface area contributed by atoms with E-state index in [2.05, 4.69) is 13.8 Å². The summed E-state index contributed by atoms with van der Waals surface area (Å²) in [5.41, 5.74) is 0. The fourth-order valence-corrected chi connectivity index (χ4v) is 4.28. The lowest BCUT2D eigenvalue weighted by Crippen LogP contribution is -2.28. The summed E-state index contributed by atoms with van der Waals surface area (Å²) < 4.78 is 16.6. The Morgan fingerprint density at radius 2 is 1.38 bits per heavy atom. The zero-order chi connectivity index (χ0) is 18.5. The van der Waals surface area contributed by atoms with Crippen molar-refractivity contribution >= 4 is 11.9 Å². The average molecular weight is 366 g/mol. The molecule has 5 nitrogen and oxygen atoms in total. The van der Waals surface area contributed by atoms with E-state index < -0.39 is 0 Å². The molecule has 3 aliphatic rings. The first-order valence-electron chi connectivity index (χ1n) is 10.6. The summed E-state index contributed by atoms with van der Waals surface area (Å²) in [4.78, 5) is 23.9. The smallest absolute Gasteiger partial charge is 0.306 e. The van der Waals surface area contributed by atoms with Gasteiger partial charge in [0, 0.05) is 19.3 Å². The third kappa shape index (κ3) is 5.97. The zero-order valence-electron chi connectivity index (χ0n) is 16.3. The van der Waals surface area contributed by atoms with E-state index in [4.69, 9.17) is 14.2 Å². The van der Waals surface area contributed by atoms with Gasteiger partial charge in [0.15, 0.2) is 0 Å². The minimum Gasteiger partial charge on any atom is -0.462 e. The number of esters is 2. The van der Waals surface area contributed by atoms with Gasteiger partial charge in [0.25, 0.3) is 0 Å². The molecule has 2 saturated carbocycles. The van der Waals surface area contributed by atoms with Crippen LogP contribution < -0.4 is 0 Å². The molecule has 6 atom stereocenters. The molecule has 1 saturated heterocycles. The van der Waals surface area contributed by atoms with Crippen molar-refractivity contribution < 1.29 is 23.8 Å². The monoisotopic (exact) mass is 366 g/mol. The Labute approximate surface area is 157 Å². The quantitative estimate of drug-likeness (QED) is 0.366. The van der Waals surface area contributed by atoms with Crippen molar-refractivity contribution in [3.63, 3.8) is 0 Å². The highest BCUT2D eigenvalue weighted by molar-refractivity contribution is 5.70. The van der Waals surface area contributed by atoms with Crippen LogP contribution in [-0.4, -0.2) is 36.4 Å².